The van der Waals surface area contributed by atoms with Crippen LogP contribution in [0.1, 0.15) is 0 Å². The van der Waals surface area contributed by atoms with Gasteiger partial charge in [0.15, 0.2) is 0 Å². The maximum Gasteiger partial charge on any atom is 0.296 e. The van der Waals surface area contributed by atoms with Gasteiger partial charge >= 0.3 is 0 Å². The molecule has 1 N–H and O–H groups in total. The van der Waals surface area contributed by atoms with Gasteiger partial charge in [0.25, 0.3) is 5.69 Å². The van der Waals surface area contributed by atoms with E-state index >= 15 is 0 Å². The fourth-order valence-electron chi connectivity index (χ4n) is 1.00. The van der Waals surface area contributed by atoms with Crippen molar-refractivity contribution in [2.45, 2.75) is 0 Å². The Hall–Kier alpha value is -1.67. The molecule has 1 rings (SSSR count). The number of nitrogens with zero attached hydrogens (tertiary/aromatic N) is 1. The second-order valence-corrected chi connectivity index (χ2v) is 3.05. The van der Waals surface area contributed by atoms with Crippen LogP contribution in [0.4, 0.5) is 11.4 Å². The zero-order valence-electron chi connectivity index (χ0n) is 7.63. The van der Waals surface area contributed by atoms with Gasteiger partial charge in [-0.3, -0.25) is 10.1 Å². The minimum atomic E-state index is -2.74. The van der Waals surface area contributed by atoms with E-state index in [2.05, 4.69) is 9.50 Å². The van der Waals surface area contributed by atoms with E-state index in [4.69, 9.17) is 0 Å². The maximum absolute atomic E-state index is 10.6. The molecule has 1 unspecified atom stereocenters. The SMILES string of the molecule is CNc1ccc(OS(=O)[O-])cc1[N+](=O)[O-]. The van der Waals surface area contributed by atoms with Crippen molar-refractivity contribution in [1.82, 2.24) is 0 Å². The first-order valence-electron chi connectivity index (χ1n) is 3.78. The highest BCUT2D eigenvalue weighted by molar-refractivity contribution is 7.74. The number of nitro groups is 1. The molecule has 0 saturated carbocycles. The van der Waals surface area contributed by atoms with Gasteiger partial charge in [-0.15, -0.1) is 0 Å². The van der Waals surface area contributed by atoms with Crippen LogP contribution in [0.3, 0.4) is 0 Å². The van der Waals surface area contributed by atoms with E-state index in [-0.39, 0.29) is 17.1 Å². The van der Waals surface area contributed by atoms with Crippen LogP contribution in [0.25, 0.3) is 0 Å². The zero-order valence-corrected chi connectivity index (χ0v) is 8.45. The second-order valence-electron chi connectivity index (χ2n) is 2.47. The second kappa shape index (κ2) is 4.71. The van der Waals surface area contributed by atoms with Crippen LogP contribution >= 0.6 is 0 Å². The molecule has 0 saturated heterocycles. The van der Waals surface area contributed by atoms with Gasteiger partial charge in [0.1, 0.15) is 22.8 Å². The number of nitro benzene ring substituents is 1. The molecule has 0 heterocycles. The van der Waals surface area contributed by atoms with Gasteiger partial charge in [-0.2, -0.15) is 0 Å². The first-order valence-corrected chi connectivity index (χ1v) is 4.78. The van der Waals surface area contributed by atoms with E-state index in [1.54, 1.807) is 0 Å². The van der Waals surface area contributed by atoms with Crippen LogP contribution in [0.2, 0.25) is 0 Å². The third kappa shape index (κ3) is 2.89. The Morgan fingerprint density at radius 1 is 1.53 bits per heavy atom. The summed E-state index contributed by atoms with van der Waals surface area (Å²) in [5.74, 6) is -0.103. The molecule has 0 aliphatic rings. The van der Waals surface area contributed by atoms with Crippen LogP contribution in [0.15, 0.2) is 18.2 Å². The smallest absolute Gasteiger partial charge is 0.296 e. The standard InChI is InChI=1S/C7H8N2O5S/c1-8-6-3-2-5(14-15(12)13)4-7(6)9(10)11/h2-4,8H,1H3,(H,12,13)/p-1. The predicted molar refractivity (Wildman–Crippen MR) is 52.2 cm³/mol. The van der Waals surface area contributed by atoms with Crippen molar-refractivity contribution in [1.29, 1.82) is 0 Å². The van der Waals surface area contributed by atoms with Gasteiger partial charge in [-0.25, -0.2) is 4.21 Å². The van der Waals surface area contributed by atoms with Crippen molar-refractivity contribution in [2.24, 2.45) is 0 Å². The molecule has 1 aromatic carbocycles. The summed E-state index contributed by atoms with van der Waals surface area (Å²) in [7, 11) is 1.52. The van der Waals surface area contributed by atoms with E-state index in [1.807, 2.05) is 0 Å². The van der Waals surface area contributed by atoms with Crippen molar-refractivity contribution < 1.29 is 17.9 Å². The third-order valence-electron chi connectivity index (χ3n) is 1.60. The fourth-order valence-corrected chi connectivity index (χ4v) is 1.27. The Kier molecular flexibility index (Phi) is 3.58. The van der Waals surface area contributed by atoms with Crippen LogP contribution in [-0.4, -0.2) is 20.7 Å². The monoisotopic (exact) mass is 231 g/mol. The molecule has 1 aromatic rings. The molecular weight excluding hydrogens is 224 g/mol. The number of anilines is 1. The lowest BCUT2D eigenvalue weighted by Crippen LogP contribution is -2.00. The molecule has 0 radical (unpaired) electrons. The van der Waals surface area contributed by atoms with Crippen molar-refractivity contribution in [2.75, 3.05) is 12.4 Å². The minimum Gasteiger partial charge on any atom is -0.740 e. The molecule has 0 fully saturated rings. The highest BCUT2D eigenvalue weighted by atomic mass is 32.2. The number of hydrogen-bond acceptors (Lipinski definition) is 6. The Morgan fingerprint density at radius 3 is 2.67 bits per heavy atom. The average molecular weight is 231 g/mol. The predicted octanol–water partition coefficient (Wildman–Crippen LogP) is 0.809. The summed E-state index contributed by atoms with van der Waals surface area (Å²) in [5.41, 5.74) is 0.0319. The summed E-state index contributed by atoms with van der Waals surface area (Å²) in [4.78, 5) is 9.94. The summed E-state index contributed by atoms with van der Waals surface area (Å²) < 4.78 is 24.7. The van der Waals surface area contributed by atoms with Crippen LogP contribution < -0.4 is 9.50 Å². The van der Waals surface area contributed by atoms with Crippen molar-refractivity contribution in [3.05, 3.63) is 28.3 Å². The van der Waals surface area contributed by atoms with E-state index in [1.165, 1.54) is 19.2 Å². The summed E-state index contributed by atoms with van der Waals surface area (Å²) in [6, 6.07) is 3.70. The molecule has 0 spiro atoms. The summed E-state index contributed by atoms with van der Waals surface area (Å²) in [5, 5.41) is 13.2. The van der Waals surface area contributed by atoms with Crippen molar-refractivity contribution >= 4 is 22.7 Å². The molecule has 82 valence electrons. The van der Waals surface area contributed by atoms with Gasteiger partial charge < -0.3 is 14.1 Å². The summed E-state index contributed by atoms with van der Waals surface area (Å²) in [6.07, 6.45) is 0. The molecule has 1 atom stereocenters. The quantitative estimate of drug-likeness (QED) is 0.467. The number of rotatable bonds is 4. The average Bonchev–Trinajstić information content (AvgIpc) is 2.16. The van der Waals surface area contributed by atoms with Gasteiger partial charge in [-0.1, -0.05) is 0 Å². The van der Waals surface area contributed by atoms with E-state index in [9.17, 15) is 18.9 Å². The van der Waals surface area contributed by atoms with Crippen LogP contribution in [0, 0.1) is 10.1 Å². The molecule has 0 amide bonds. The lowest BCUT2D eigenvalue weighted by atomic mass is 10.2. The first-order chi connectivity index (χ1) is 7.04. The normalized spacial score (nSPS) is 11.9. The fraction of sp³-hybridized carbons (Fsp3) is 0.143. The Balaban J connectivity index is 3.10. The van der Waals surface area contributed by atoms with Crippen molar-refractivity contribution in [3.63, 3.8) is 0 Å². The molecule has 8 heteroatoms. The van der Waals surface area contributed by atoms with Crippen LogP contribution in [-0.2, 0) is 11.4 Å². The van der Waals surface area contributed by atoms with Gasteiger partial charge in [0, 0.05) is 7.05 Å². The first kappa shape index (κ1) is 11.4. The molecule has 0 aliphatic heterocycles. The molecular formula is C7H7N2O5S-. The topological polar surface area (TPSA) is 105 Å². The number of hydrogen-bond donors (Lipinski definition) is 1. The Labute approximate surface area is 87.7 Å². The van der Waals surface area contributed by atoms with E-state index < -0.39 is 16.3 Å². The molecule has 7 nitrogen and oxygen atoms in total. The zero-order chi connectivity index (χ0) is 11.4. The molecule has 0 bridgehead atoms. The summed E-state index contributed by atoms with van der Waals surface area (Å²) in [6.45, 7) is 0. The largest absolute Gasteiger partial charge is 0.740 e. The van der Waals surface area contributed by atoms with Gasteiger partial charge in [0.2, 0.25) is 0 Å². The molecule has 0 aromatic heterocycles. The Morgan fingerprint density at radius 2 is 2.20 bits per heavy atom. The van der Waals surface area contributed by atoms with Crippen molar-refractivity contribution in [3.8, 4) is 5.75 Å². The number of benzene rings is 1. The Bertz CT molecular complexity index is 408. The lowest BCUT2D eigenvalue weighted by Gasteiger charge is -2.08. The minimum absolute atomic E-state index is 0.103. The highest BCUT2D eigenvalue weighted by Crippen LogP contribution is 2.28. The number of nitrogens with one attached hydrogen (secondary N) is 1. The van der Waals surface area contributed by atoms with E-state index in [0.29, 0.717) is 0 Å². The third-order valence-corrected chi connectivity index (χ3v) is 1.93. The molecule has 0 aliphatic carbocycles. The van der Waals surface area contributed by atoms with E-state index in [0.717, 1.165) is 6.07 Å². The lowest BCUT2D eigenvalue weighted by molar-refractivity contribution is -0.384. The van der Waals surface area contributed by atoms with Gasteiger partial charge in [-0.05, 0) is 12.1 Å². The molecule has 15 heavy (non-hydrogen) atoms. The highest BCUT2D eigenvalue weighted by Gasteiger charge is 2.14. The summed E-state index contributed by atoms with van der Waals surface area (Å²) >= 11 is -2.74. The van der Waals surface area contributed by atoms with Crippen LogP contribution in [0.5, 0.6) is 5.75 Å². The van der Waals surface area contributed by atoms with Gasteiger partial charge in [0.05, 0.1) is 11.0 Å². The maximum atomic E-state index is 10.6.